The summed E-state index contributed by atoms with van der Waals surface area (Å²) in [5.74, 6) is 0. The summed E-state index contributed by atoms with van der Waals surface area (Å²) >= 11 is 6.26. The Balaban J connectivity index is 3.25. The number of hydrogen-bond donors (Lipinski definition) is 0. The quantitative estimate of drug-likeness (QED) is 0.752. The number of aryl methyl sites for hydroxylation is 1. The van der Waals surface area contributed by atoms with Gasteiger partial charge in [0.15, 0.2) is 0 Å². The Morgan fingerprint density at radius 3 is 2.62 bits per heavy atom. The monoisotopic (exact) mass is 313 g/mol. The first-order valence-corrected chi connectivity index (χ1v) is 5.47. The molecule has 1 aromatic rings. The SMILES string of the molecule is Cc1nc(CBr)cc(C(F)F)c1Br. The maximum atomic E-state index is 12.5. The lowest BCUT2D eigenvalue weighted by Gasteiger charge is -2.07. The molecule has 0 aliphatic rings. The van der Waals surface area contributed by atoms with Gasteiger partial charge in [-0.1, -0.05) is 15.9 Å². The van der Waals surface area contributed by atoms with E-state index in [1.54, 1.807) is 6.92 Å². The maximum Gasteiger partial charge on any atom is 0.265 e. The third-order valence-electron chi connectivity index (χ3n) is 1.58. The Kier molecular flexibility index (Phi) is 3.79. The van der Waals surface area contributed by atoms with Gasteiger partial charge in [-0.3, -0.25) is 4.98 Å². The summed E-state index contributed by atoms with van der Waals surface area (Å²) in [6.07, 6.45) is -2.46. The molecule has 0 bridgehead atoms. The first-order chi connectivity index (χ1) is 6.06. The molecule has 1 aromatic heterocycles. The van der Waals surface area contributed by atoms with Crippen LogP contribution in [0.1, 0.15) is 23.4 Å². The van der Waals surface area contributed by atoms with E-state index in [-0.39, 0.29) is 5.56 Å². The zero-order valence-electron chi connectivity index (χ0n) is 6.82. The third-order valence-corrected chi connectivity index (χ3v) is 3.18. The lowest BCUT2D eigenvalue weighted by Crippen LogP contribution is -1.96. The second-order valence-corrected chi connectivity index (χ2v) is 3.89. The first kappa shape index (κ1) is 11.0. The van der Waals surface area contributed by atoms with Crippen molar-refractivity contribution < 1.29 is 8.78 Å². The number of halogens is 4. The molecule has 0 atom stereocenters. The summed E-state index contributed by atoms with van der Waals surface area (Å²) < 4.78 is 25.3. The average molecular weight is 315 g/mol. The molecule has 0 spiro atoms. The molecule has 0 aliphatic heterocycles. The summed E-state index contributed by atoms with van der Waals surface area (Å²) in [5.41, 5.74) is 1.21. The zero-order valence-corrected chi connectivity index (χ0v) is 9.99. The molecule has 0 saturated carbocycles. The van der Waals surface area contributed by atoms with E-state index in [4.69, 9.17) is 0 Å². The molecule has 0 radical (unpaired) electrons. The van der Waals surface area contributed by atoms with Gasteiger partial charge in [-0.05, 0) is 28.9 Å². The van der Waals surface area contributed by atoms with Crippen molar-refractivity contribution in [2.75, 3.05) is 0 Å². The minimum atomic E-state index is -2.46. The molecule has 0 saturated heterocycles. The highest BCUT2D eigenvalue weighted by atomic mass is 79.9. The van der Waals surface area contributed by atoms with E-state index >= 15 is 0 Å². The number of pyridine rings is 1. The summed E-state index contributed by atoms with van der Waals surface area (Å²) in [6.45, 7) is 1.70. The van der Waals surface area contributed by atoms with E-state index < -0.39 is 6.43 Å². The molecule has 0 aromatic carbocycles. The molecular formula is C8H7Br2F2N. The molecule has 0 amide bonds. The van der Waals surface area contributed by atoms with Crippen LogP contribution in [0.5, 0.6) is 0 Å². The van der Waals surface area contributed by atoms with Crippen molar-refractivity contribution in [3.05, 3.63) is 27.5 Å². The van der Waals surface area contributed by atoms with Crippen LogP contribution in [0.15, 0.2) is 10.5 Å². The van der Waals surface area contributed by atoms with Crippen molar-refractivity contribution in [3.8, 4) is 0 Å². The number of nitrogens with zero attached hydrogens (tertiary/aromatic N) is 1. The Hall–Kier alpha value is -0.0300. The van der Waals surface area contributed by atoms with Crippen LogP contribution in [0, 0.1) is 6.92 Å². The summed E-state index contributed by atoms with van der Waals surface area (Å²) in [7, 11) is 0. The standard InChI is InChI=1S/C8H7Br2F2N/c1-4-7(10)6(8(11)12)2-5(3-9)13-4/h2,8H,3H2,1H3. The van der Waals surface area contributed by atoms with Gasteiger partial charge >= 0.3 is 0 Å². The molecular weight excluding hydrogens is 308 g/mol. The molecule has 0 N–H and O–H groups in total. The summed E-state index contributed by atoms with van der Waals surface area (Å²) in [4.78, 5) is 4.11. The summed E-state index contributed by atoms with van der Waals surface area (Å²) in [5, 5.41) is 0.487. The minimum Gasteiger partial charge on any atom is -0.256 e. The van der Waals surface area contributed by atoms with Crippen LogP contribution < -0.4 is 0 Å². The van der Waals surface area contributed by atoms with E-state index in [2.05, 4.69) is 36.8 Å². The Morgan fingerprint density at radius 2 is 2.15 bits per heavy atom. The second-order valence-electron chi connectivity index (χ2n) is 2.54. The van der Waals surface area contributed by atoms with Crippen molar-refractivity contribution in [2.45, 2.75) is 18.7 Å². The molecule has 5 heteroatoms. The van der Waals surface area contributed by atoms with Crippen molar-refractivity contribution in [1.82, 2.24) is 4.98 Å². The van der Waals surface area contributed by atoms with Crippen LogP contribution in [-0.2, 0) is 5.33 Å². The third kappa shape index (κ3) is 2.47. The molecule has 0 aliphatic carbocycles. The second kappa shape index (κ2) is 4.46. The van der Waals surface area contributed by atoms with E-state index in [0.717, 1.165) is 0 Å². The van der Waals surface area contributed by atoms with Crippen LogP contribution in [0.25, 0.3) is 0 Å². The molecule has 1 nitrogen and oxygen atoms in total. The lowest BCUT2D eigenvalue weighted by molar-refractivity contribution is 0.150. The Bertz CT molecular complexity index is 315. The fourth-order valence-electron chi connectivity index (χ4n) is 0.976. The van der Waals surface area contributed by atoms with E-state index in [0.29, 0.717) is 21.2 Å². The van der Waals surface area contributed by atoms with Gasteiger partial charge in [0.25, 0.3) is 6.43 Å². The smallest absolute Gasteiger partial charge is 0.256 e. The fourth-order valence-corrected chi connectivity index (χ4v) is 1.64. The van der Waals surface area contributed by atoms with Gasteiger partial charge in [-0.25, -0.2) is 8.78 Å². The van der Waals surface area contributed by atoms with Gasteiger partial charge in [-0.2, -0.15) is 0 Å². The molecule has 1 heterocycles. The molecule has 1 rings (SSSR count). The van der Waals surface area contributed by atoms with Crippen molar-refractivity contribution in [2.24, 2.45) is 0 Å². The predicted octanol–water partition coefficient (Wildman–Crippen LogP) is 3.99. The lowest BCUT2D eigenvalue weighted by atomic mass is 10.2. The normalized spacial score (nSPS) is 10.9. The van der Waals surface area contributed by atoms with Gasteiger partial charge in [0.1, 0.15) is 0 Å². The van der Waals surface area contributed by atoms with Gasteiger partial charge in [0, 0.05) is 15.4 Å². The minimum absolute atomic E-state index is 0.00181. The fraction of sp³-hybridized carbons (Fsp3) is 0.375. The van der Waals surface area contributed by atoms with Crippen LogP contribution in [-0.4, -0.2) is 4.98 Å². The van der Waals surface area contributed by atoms with Crippen LogP contribution in [0.2, 0.25) is 0 Å². The molecule has 0 unspecified atom stereocenters. The van der Waals surface area contributed by atoms with Crippen molar-refractivity contribution in [1.29, 1.82) is 0 Å². The van der Waals surface area contributed by atoms with Crippen LogP contribution in [0.3, 0.4) is 0 Å². The Morgan fingerprint density at radius 1 is 1.54 bits per heavy atom. The van der Waals surface area contributed by atoms with Gasteiger partial charge in [-0.15, -0.1) is 0 Å². The van der Waals surface area contributed by atoms with Gasteiger partial charge in [0.2, 0.25) is 0 Å². The summed E-state index contributed by atoms with van der Waals surface area (Å²) in [6, 6.07) is 1.40. The highest BCUT2D eigenvalue weighted by Crippen LogP contribution is 2.30. The highest BCUT2D eigenvalue weighted by Gasteiger charge is 2.15. The highest BCUT2D eigenvalue weighted by molar-refractivity contribution is 9.10. The predicted molar refractivity (Wildman–Crippen MR) is 54.3 cm³/mol. The molecule has 13 heavy (non-hydrogen) atoms. The Labute approximate surface area is 91.8 Å². The van der Waals surface area contributed by atoms with Crippen LogP contribution in [0.4, 0.5) is 8.78 Å². The topological polar surface area (TPSA) is 12.9 Å². The number of alkyl halides is 3. The first-order valence-electron chi connectivity index (χ1n) is 3.56. The van der Waals surface area contributed by atoms with Crippen molar-refractivity contribution >= 4 is 31.9 Å². The van der Waals surface area contributed by atoms with Gasteiger partial charge in [0.05, 0.1) is 11.4 Å². The van der Waals surface area contributed by atoms with Crippen LogP contribution >= 0.6 is 31.9 Å². The van der Waals surface area contributed by atoms with E-state index in [9.17, 15) is 8.78 Å². The van der Waals surface area contributed by atoms with Gasteiger partial charge < -0.3 is 0 Å². The maximum absolute atomic E-state index is 12.5. The molecule has 72 valence electrons. The van der Waals surface area contributed by atoms with Crippen molar-refractivity contribution in [3.63, 3.8) is 0 Å². The van der Waals surface area contributed by atoms with E-state index in [1.807, 2.05) is 0 Å². The number of aromatic nitrogens is 1. The van der Waals surface area contributed by atoms with E-state index in [1.165, 1.54) is 6.07 Å². The number of rotatable bonds is 2. The number of hydrogen-bond acceptors (Lipinski definition) is 1. The zero-order chi connectivity index (χ0) is 10.0. The average Bonchev–Trinajstić information content (AvgIpc) is 2.09. The molecule has 0 fully saturated rings. The largest absolute Gasteiger partial charge is 0.265 e.